The summed E-state index contributed by atoms with van der Waals surface area (Å²) < 4.78 is 2.03. The van der Waals surface area contributed by atoms with Gasteiger partial charge in [0.25, 0.3) is 0 Å². The SMILES string of the molecule is CCn1c(Cl)c(C(C)O)c2cc(C)ccc21. The van der Waals surface area contributed by atoms with Gasteiger partial charge in [0.1, 0.15) is 5.15 Å². The molecule has 0 saturated carbocycles. The van der Waals surface area contributed by atoms with Crippen LogP contribution in [0.2, 0.25) is 5.15 Å². The van der Waals surface area contributed by atoms with Crippen molar-refractivity contribution in [2.45, 2.75) is 33.4 Å². The van der Waals surface area contributed by atoms with E-state index in [4.69, 9.17) is 11.6 Å². The number of halogens is 1. The second-order valence-electron chi connectivity index (χ2n) is 4.15. The first kappa shape index (κ1) is 11.5. The quantitative estimate of drug-likeness (QED) is 0.847. The van der Waals surface area contributed by atoms with Crippen LogP contribution in [-0.4, -0.2) is 9.67 Å². The summed E-state index contributed by atoms with van der Waals surface area (Å²) >= 11 is 6.30. The highest BCUT2D eigenvalue weighted by Gasteiger charge is 2.18. The summed E-state index contributed by atoms with van der Waals surface area (Å²) in [5, 5.41) is 11.5. The number of hydrogen-bond donors (Lipinski definition) is 1. The van der Waals surface area contributed by atoms with Gasteiger partial charge < -0.3 is 9.67 Å². The van der Waals surface area contributed by atoms with E-state index in [9.17, 15) is 5.11 Å². The lowest BCUT2D eigenvalue weighted by atomic mass is 10.1. The molecular formula is C13H16ClNO. The second-order valence-corrected chi connectivity index (χ2v) is 4.50. The summed E-state index contributed by atoms with van der Waals surface area (Å²) in [6.07, 6.45) is -0.537. The third-order valence-corrected chi connectivity index (χ3v) is 3.33. The molecule has 86 valence electrons. The van der Waals surface area contributed by atoms with Crippen molar-refractivity contribution in [2.75, 3.05) is 0 Å². The Balaban J connectivity index is 2.86. The molecule has 1 aromatic carbocycles. The monoisotopic (exact) mass is 237 g/mol. The van der Waals surface area contributed by atoms with Crippen LogP contribution in [0.15, 0.2) is 18.2 Å². The molecule has 0 bridgehead atoms. The molecule has 0 aliphatic heterocycles. The van der Waals surface area contributed by atoms with Gasteiger partial charge in [0.2, 0.25) is 0 Å². The predicted octanol–water partition coefficient (Wildman–Crippen LogP) is 3.68. The summed E-state index contributed by atoms with van der Waals surface area (Å²) in [6.45, 7) is 6.66. The van der Waals surface area contributed by atoms with Gasteiger partial charge in [-0.1, -0.05) is 23.2 Å². The molecule has 0 aliphatic rings. The molecule has 2 rings (SSSR count). The normalized spacial score (nSPS) is 13.3. The average Bonchev–Trinajstić information content (AvgIpc) is 2.48. The second kappa shape index (κ2) is 4.11. The minimum absolute atomic E-state index is 0.537. The van der Waals surface area contributed by atoms with E-state index in [0.29, 0.717) is 5.15 Å². The van der Waals surface area contributed by atoms with E-state index in [2.05, 4.69) is 25.1 Å². The highest BCUT2D eigenvalue weighted by Crippen LogP contribution is 2.34. The zero-order valence-corrected chi connectivity index (χ0v) is 10.5. The maximum Gasteiger partial charge on any atom is 0.115 e. The molecular weight excluding hydrogens is 222 g/mol. The van der Waals surface area contributed by atoms with E-state index >= 15 is 0 Å². The fraction of sp³-hybridized carbons (Fsp3) is 0.385. The average molecular weight is 238 g/mol. The van der Waals surface area contributed by atoms with Gasteiger partial charge in [-0.25, -0.2) is 0 Å². The number of aryl methyl sites for hydroxylation is 2. The minimum Gasteiger partial charge on any atom is -0.389 e. The summed E-state index contributed by atoms with van der Waals surface area (Å²) in [5.41, 5.74) is 3.11. The van der Waals surface area contributed by atoms with E-state index in [1.54, 1.807) is 6.92 Å². The van der Waals surface area contributed by atoms with E-state index in [1.165, 1.54) is 5.56 Å². The molecule has 2 aromatic rings. The van der Waals surface area contributed by atoms with Crippen LogP contribution in [0.3, 0.4) is 0 Å². The van der Waals surface area contributed by atoms with Gasteiger partial charge >= 0.3 is 0 Å². The van der Waals surface area contributed by atoms with E-state index in [1.807, 2.05) is 11.5 Å². The first-order chi connectivity index (χ1) is 7.56. The Morgan fingerprint density at radius 1 is 1.44 bits per heavy atom. The van der Waals surface area contributed by atoms with Gasteiger partial charge in [0.05, 0.1) is 6.10 Å². The van der Waals surface area contributed by atoms with E-state index < -0.39 is 6.10 Å². The number of fused-ring (bicyclic) bond motifs is 1. The molecule has 0 saturated heterocycles. The standard InChI is InChI=1S/C13H16ClNO/c1-4-15-11-6-5-8(2)7-10(11)12(9(3)16)13(15)14/h5-7,9,16H,4H2,1-3H3. The Bertz CT molecular complexity index is 528. The molecule has 1 unspecified atom stereocenters. The first-order valence-corrected chi connectivity index (χ1v) is 5.90. The number of nitrogens with zero attached hydrogens (tertiary/aromatic N) is 1. The van der Waals surface area contributed by atoms with Crippen molar-refractivity contribution in [3.05, 3.63) is 34.5 Å². The van der Waals surface area contributed by atoms with E-state index in [-0.39, 0.29) is 0 Å². The highest BCUT2D eigenvalue weighted by molar-refractivity contribution is 6.32. The van der Waals surface area contributed by atoms with Crippen molar-refractivity contribution in [3.8, 4) is 0 Å². The number of aromatic nitrogens is 1. The van der Waals surface area contributed by atoms with Gasteiger partial charge in [0, 0.05) is 23.0 Å². The van der Waals surface area contributed by atoms with Crippen molar-refractivity contribution in [3.63, 3.8) is 0 Å². The zero-order chi connectivity index (χ0) is 11.9. The number of hydrogen-bond acceptors (Lipinski definition) is 1. The molecule has 1 heterocycles. The van der Waals surface area contributed by atoms with Gasteiger partial charge in [-0.3, -0.25) is 0 Å². The lowest BCUT2D eigenvalue weighted by Crippen LogP contribution is -1.95. The molecule has 0 radical (unpaired) electrons. The third kappa shape index (κ3) is 1.62. The van der Waals surface area contributed by atoms with Crippen molar-refractivity contribution >= 4 is 22.5 Å². The Morgan fingerprint density at radius 3 is 2.69 bits per heavy atom. The molecule has 1 N–H and O–H groups in total. The van der Waals surface area contributed by atoms with Crippen molar-refractivity contribution in [1.82, 2.24) is 4.57 Å². The van der Waals surface area contributed by atoms with Crippen LogP contribution in [0.4, 0.5) is 0 Å². The van der Waals surface area contributed by atoms with Crippen molar-refractivity contribution < 1.29 is 5.11 Å². The van der Waals surface area contributed by atoms with Crippen LogP contribution >= 0.6 is 11.6 Å². The number of aliphatic hydroxyl groups is 1. The Labute approximate surface area is 100 Å². The fourth-order valence-electron chi connectivity index (χ4n) is 2.17. The number of benzene rings is 1. The lowest BCUT2D eigenvalue weighted by Gasteiger charge is -2.04. The third-order valence-electron chi connectivity index (χ3n) is 2.93. The molecule has 0 fully saturated rings. The number of rotatable bonds is 2. The van der Waals surface area contributed by atoms with Crippen molar-refractivity contribution in [2.24, 2.45) is 0 Å². The molecule has 1 atom stereocenters. The van der Waals surface area contributed by atoms with Crippen LogP contribution in [-0.2, 0) is 6.54 Å². The van der Waals surface area contributed by atoms with Crippen LogP contribution in [0, 0.1) is 6.92 Å². The Kier molecular flexibility index (Phi) is 2.96. The topological polar surface area (TPSA) is 25.2 Å². The van der Waals surface area contributed by atoms with Crippen LogP contribution < -0.4 is 0 Å². The van der Waals surface area contributed by atoms with E-state index in [0.717, 1.165) is 23.0 Å². The molecule has 0 amide bonds. The van der Waals surface area contributed by atoms with Gasteiger partial charge in [-0.05, 0) is 32.9 Å². The largest absolute Gasteiger partial charge is 0.389 e. The van der Waals surface area contributed by atoms with Gasteiger partial charge in [-0.15, -0.1) is 0 Å². The smallest absolute Gasteiger partial charge is 0.115 e. The maximum absolute atomic E-state index is 9.80. The molecule has 2 nitrogen and oxygen atoms in total. The van der Waals surface area contributed by atoms with Crippen LogP contribution in [0.25, 0.3) is 10.9 Å². The Hall–Kier alpha value is -0.990. The Morgan fingerprint density at radius 2 is 2.12 bits per heavy atom. The minimum atomic E-state index is -0.537. The van der Waals surface area contributed by atoms with Gasteiger partial charge in [-0.2, -0.15) is 0 Å². The number of aliphatic hydroxyl groups excluding tert-OH is 1. The molecule has 1 aromatic heterocycles. The summed E-state index contributed by atoms with van der Waals surface area (Å²) in [5.74, 6) is 0. The summed E-state index contributed by atoms with van der Waals surface area (Å²) in [6, 6.07) is 6.21. The summed E-state index contributed by atoms with van der Waals surface area (Å²) in [7, 11) is 0. The summed E-state index contributed by atoms with van der Waals surface area (Å²) in [4.78, 5) is 0. The highest BCUT2D eigenvalue weighted by atomic mass is 35.5. The first-order valence-electron chi connectivity index (χ1n) is 5.52. The fourth-order valence-corrected chi connectivity index (χ4v) is 2.64. The molecule has 3 heteroatoms. The van der Waals surface area contributed by atoms with Crippen molar-refractivity contribution in [1.29, 1.82) is 0 Å². The zero-order valence-electron chi connectivity index (χ0n) is 9.79. The lowest BCUT2D eigenvalue weighted by molar-refractivity contribution is 0.200. The molecule has 0 aliphatic carbocycles. The van der Waals surface area contributed by atoms with Crippen LogP contribution in [0.1, 0.15) is 31.1 Å². The molecule has 16 heavy (non-hydrogen) atoms. The molecule has 0 spiro atoms. The predicted molar refractivity (Wildman–Crippen MR) is 68.0 cm³/mol. The maximum atomic E-state index is 9.80. The van der Waals surface area contributed by atoms with Crippen LogP contribution in [0.5, 0.6) is 0 Å². The van der Waals surface area contributed by atoms with Gasteiger partial charge in [0.15, 0.2) is 0 Å².